The van der Waals surface area contributed by atoms with Crippen LogP contribution >= 0.6 is 0 Å². The Morgan fingerprint density at radius 2 is 2.10 bits per heavy atom. The van der Waals surface area contributed by atoms with Crippen molar-refractivity contribution in [2.45, 2.75) is 25.7 Å². The lowest BCUT2D eigenvalue weighted by Crippen LogP contribution is -2.17. The number of phenolic OH excluding ortho intramolecular Hbond substituents is 1. The molecule has 1 aliphatic rings. The topological polar surface area (TPSA) is 130 Å². The Morgan fingerprint density at radius 1 is 1.30 bits per heavy atom. The summed E-state index contributed by atoms with van der Waals surface area (Å²) in [6.45, 7) is 0. The fraction of sp³-hybridized carbons (Fsp3) is 0.238. The van der Waals surface area contributed by atoms with Gasteiger partial charge in [-0.3, -0.25) is 14.9 Å². The summed E-state index contributed by atoms with van der Waals surface area (Å²) in [6, 6.07) is 7.69. The highest BCUT2D eigenvalue weighted by Crippen LogP contribution is 2.33. The quantitative estimate of drug-likeness (QED) is 0.338. The molecule has 30 heavy (non-hydrogen) atoms. The summed E-state index contributed by atoms with van der Waals surface area (Å²) >= 11 is 0. The standard InChI is InChI=1S/C21H20N4O5/c1-30-19-10-14(25(28)29)8-13(20(19)26)11-22-24-21(27)12-6-7-18-16(9-12)15-4-2-3-5-17(15)23-18/h6-11,23,26H,2-5H2,1H3,(H,24,27)/b22-11-. The molecule has 0 fully saturated rings. The second-order valence-corrected chi connectivity index (χ2v) is 7.09. The van der Waals surface area contributed by atoms with Crippen molar-refractivity contribution >= 4 is 28.7 Å². The summed E-state index contributed by atoms with van der Waals surface area (Å²) in [5.41, 5.74) is 6.15. The van der Waals surface area contributed by atoms with Crippen LogP contribution in [-0.4, -0.2) is 34.2 Å². The lowest BCUT2D eigenvalue weighted by molar-refractivity contribution is -0.385. The molecule has 1 heterocycles. The highest BCUT2D eigenvalue weighted by molar-refractivity contribution is 5.99. The van der Waals surface area contributed by atoms with Gasteiger partial charge in [-0.15, -0.1) is 0 Å². The number of carbonyl (C=O) groups excluding carboxylic acids is 1. The molecule has 0 bridgehead atoms. The molecule has 0 unspecified atom stereocenters. The van der Waals surface area contributed by atoms with Crippen LogP contribution < -0.4 is 10.2 Å². The van der Waals surface area contributed by atoms with E-state index in [1.807, 2.05) is 12.1 Å². The second kappa shape index (κ2) is 7.86. The van der Waals surface area contributed by atoms with Crippen LogP contribution in [-0.2, 0) is 12.8 Å². The van der Waals surface area contributed by atoms with E-state index < -0.39 is 10.8 Å². The molecule has 1 aliphatic carbocycles. The molecule has 9 heteroatoms. The zero-order valence-corrected chi connectivity index (χ0v) is 16.3. The van der Waals surface area contributed by atoms with E-state index in [2.05, 4.69) is 15.5 Å². The van der Waals surface area contributed by atoms with Crippen LogP contribution in [0, 0.1) is 10.1 Å². The SMILES string of the molecule is COc1cc([N+](=O)[O-])cc(/C=N\NC(=O)c2ccc3[nH]c4c(c3c2)CCCC4)c1O. The molecular weight excluding hydrogens is 388 g/mol. The number of phenols is 1. The van der Waals surface area contributed by atoms with Gasteiger partial charge in [-0.05, 0) is 49.4 Å². The number of rotatable bonds is 5. The highest BCUT2D eigenvalue weighted by atomic mass is 16.6. The van der Waals surface area contributed by atoms with Gasteiger partial charge in [0.05, 0.1) is 24.3 Å². The summed E-state index contributed by atoms with van der Waals surface area (Å²) in [6.07, 6.45) is 5.45. The van der Waals surface area contributed by atoms with Crippen molar-refractivity contribution in [3.8, 4) is 11.5 Å². The van der Waals surface area contributed by atoms with Gasteiger partial charge in [0, 0.05) is 33.8 Å². The molecule has 0 saturated heterocycles. The van der Waals surface area contributed by atoms with Crippen LogP contribution in [0.4, 0.5) is 5.69 Å². The van der Waals surface area contributed by atoms with Crippen molar-refractivity contribution < 1.29 is 19.6 Å². The molecule has 3 aromatic rings. The highest BCUT2D eigenvalue weighted by Gasteiger charge is 2.18. The van der Waals surface area contributed by atoms with E-state index in [1.54, 1.807) is 6.07 Å². The molecule has 1 amide bonds. The summed E-state index contributed by atoms with van der Waals surface area (Å²) in [5.74, 6) is -0.781. The smallest absolute Gasteiger partial charge is 0.274 e. The van der Waals surface area contributed by atoms with Gasteiger partial charge in [-0.25, -0.2) is 5.43 Å². The van der Waals surface area contributed by atoms with Crippen LogP contribution in [0.5, 0.6) is 11.5 Å². The molecule has 1 aromatic heterocycles. The van der Waals surface area contributed by atoms with Gasteiger partial charge in [-0.1, -0.05) is 0 Å². The third-order valence-corrected chi connectivity index (χ3v) is 5.25. The number of nitrogens with zero attached hydrogens (tertiary/aromatic N) is 2. The first-order valence-electron chi connectivity index (χ1n) is 9.50. The normalized spacial score (nSPS) is 13.4. The number of carbonyl (C=O) groups is 1. The molecule has 0 aliphatic heterocycles. The lowest BCUT2D eigenvalue weighted by atomic mass is 9.95. The Hall–Kier alpha value is -3.88. The van der Waals surface area contributed by atoms with Gasteiger partial charge in [0.2, 0.25) is 0 Å². The predicted molar refractivity (Wildman–Crippen MR) is 111 cm³/mol. The van der Waals surface area contributed by atoms with Crippen LogP contribution in [0.25, 0.3) is 10.9 Å². The monoisotopic (exact) mass is 408 g/mol. The average molecular weight is 408 g/mol. The number of H-pyrrole nitrogens is 1. The Balaban J connectivity index is 1.56. The predicted octanol–water partition coefficient (Wildman–Crippen LogP) is 3.43. The number of nitrogens with one attached hydrogen (secondary N) is 2. The summed E-state index contributed by atoms with van der Waals surface area (Å²) in [7, 11) is 1.29. The minimum Gasteiger partial charge on any atom is -0.504 e. The lowest BCUT2D eigenvalue weighted by Gasteiger charge is -2.10. The van der Waals surface area contributed by atoms with Crippen LogP contribution in [0.1, 0.15) is 40.0 Å². The number of aryl methyl sites for hydroxylation is 2. The number of aromatic nitrogens is 1. The summed E-state index contributed by atoms with van der Waals surface area (Å²) in [5, 5.41) is 26.1. The minimum atomic E-state index is -0.606. The number of amides is 1. The van der Waals surface area contributed by atoms with Gasteiger partial charge in [0.1, 0.15) is 0 Å². The van der Waals surface area contributed by atoms with E-state index in [0.717, 1.165) is 54.9 Å². The summed E-state index contributed by atoms with van der Waals surface area (Å²) < 4.78 is 4.95. The van der Waals surface area contributed by atoms with Gasteiger partial charge in [0.15, 0.2) is 11.5 Å². The number of hydrogen-bond donors (Lipinski definition) is 3. The largest absolute Gasteiger partial charge is 0.504 e. The number of ether oxygens (including phenoxy) is 1. The van der Waals surface area contributed by atoms with E-state index in [4.69, 9.17) is 4.74 Å². The molecule has 2 aromatic carbocycles. The first-order valence-corrected chi connectivity index (χ1v) is 9.50. The zero-order chi connectivity index (χ0) is 21.3. The number of nitro groups is 1. The minimum absolute atomic E-state index is 0.0523. The van der Waals surface area contributed by atoms with Crippen LogP contribution in [0.2, 0.25) is 0 Å². The van der Waals surface area contributed by atoms with Gasteiger partial charge in [-0.2, -0.15) is 5.10 Å². The van der Waals surface area contributed by atoms with Crippen molar-refractivity contribution in [3.63, 3.8) is 0 Å². The Labute approximate surface area is 171 Å². The number of nitro benzene ring substituents is 1. The molecule has 0 saturated carbocycles. The van der Waals surface area contributed by atoms with Crippen molar-refractivity contribution in [1.29, 1.82) is 0 Å². The van der Waals surface area contributed by atoms with Gasteiger partial charge >= 0.3 is 0 Å². The maximum absolute atomic E-state index is 12.5. The fourth-order valence-electron chi connectivity index (χ4n) is 3.75. The summed E-state index contributed by atoms with van der Waals surface area (Å²) in [4.78, 5) is 26.4. The van der Waals surface area contributed by atoms with E-state index >= 15 is 0 Å². The molecule has 0 atom stereocenters. The first-order chi connectivity index (χ1) is 14.5. The van der Waals surface area contributed by atoms with Gasteiger partial charge in [0.25, 0.3) is 11.6 Å². The number of non-ortho nitro benzene ring substituents is 1. The number of methoxy groups -OCH3 is 1. The second-order valence-electron chi connectivity index (χ2n) is 7.09. The van der Waals surface area contributed by atoms with Crippen LogP contribution in [0.15, 0.2) is 35.4 Å². The maximum Gasteiger partial charge on any atom is 0.274 e. The Morgan fingerprint density at radius 3 is 2.87 bits per heavy atom. The third kappa shape index (κ3) is 3.57. The van der Waals surface area contributed by atoms with E-state index in [9.17, 15) is 20.0 Å². The molecule has 4 rings (SSSR count). The Bertz CT molecular complexity index is 1180. The molecule has 0 radical (unpaired) electrons. The number of benzene rings is 2. The van der Waals surface area contributed by atoms with E-state index in [0.29, 0.717) is 5.56 Å². The van der Waals surface area contributed by atoms with Crippen molar-refractivity contribution in [2.24, 2.45) is 5.10 Å². The van der Waals surface area contributed by atoms with Crippen molar-refractivity contribution in [2.75, 3.05) is 7.11 Å². The van der Waals surface area contributed by atoms with Crippen molar-refractivity contribution in [3.05, 3.63) is 62.8 Å². The molecule has 0 spiro atoms. The molecular formula is C21H20N4O5. The number of hydrazone groups is 1. The fourth-order valence-corrected chi connectivity index (χ4v) is 3.75. The van der Waals surface area contributed by atoms with Crippen molar-refractivity contribution in [1.82, 2.24) is 10.4 Å². The third-order valence-electron chi connectivity index (χ3n) is 5.25. The van der Waals surface area contributed by atoms with E-state index in [1.165, 1.54) is 18.4 Å². The number of hydrogen-bond acceptors (Lipinski definition) is 6. The Kier molecular flexibility index (Phi) is 5.09. The zero-order valence-electron chi connectivity index (χ0n) is 16.3. The first kappa shape index (κ1) is 19.4. The number of aromatic hydroxyl groups is 1. The molecule has 154 valence electrons. The average Bonchev–Trinajstić information content (AvgIpc) is 3.12. The number of fused-ring (bicyclic) bond motifs is 3. The van der Waals surface area contributed by atoms with E-state index in [-0.39, 0.29) is 22.7 Å². The molecule has 3 N–H and O–H groups in total. The van der Waals surface area contributed by atoms with Crippen LogP contribution in [0.3, 0.4) is 0 Å². The number of aromatic amines is 1. The maximum atomic E-state index is 12.5. The molecule has 9 nitrogen and oxygen atoms in total. The van der Waals surface area contributed by atoms with Gasteiger partial charge < -0.3 is 14.8 Å².